The number of aliphatic imine (C=N–C) groups is 1. The molecule has 0 bridgehead atoms. The zero-order valence-corrected chi connectivity index (χ0v) is 19.1. The Morgan fingerprint density at radius 2 is 1.52 bits per heavy atom. The predicted octanol–water partition coefficient (Wildman–Crippen LogP) is 7.25. The van der Waals surface area contributed by atoms with E-state index in [1.807, 2.05) is 0 Å². The van der Waals surface area contributed by atoms with Crippen LogP contribution in [0.5, 0.6) is 5.75 Å². The summed E-state index contributed by atoms with van der Waals surface area (Å²) in [7, 11) is 0. The Kier molecular flexibility index (Phi) is 4.53. The summed E-state index contributed by atoms with van der Waals surface area (Å²) in [5, 5.41) is 0. The summed E-state index contributed by atoms with van der Waals surface area (Å²) in [5.41, 5.74) is 8.61. The van der Waals surface area contributed by atoms with Crippen LogP contribution in [0.3, 0.4) is 0 Å². The van der Waals surface area contributed by atoms with Crippen molar-refractivity contribution in [2.24, 2.45) is 4.99 Å². The van der Waals surface area contributed by atoms with Gasteiger partial charge in [-0.15, -0.1) is 0 Å². The van der Waals surface area contributed by atoms with Gasteiger partial charge in [0.1, 0.15) is 11.4 Å². The zero-order valence-electron chi connectivity index (χ0n) is 19.1. The molecule has 0 fully saturated rings. The van der Waals surface area contributed by atoms with Gasteiger partial charge in [-0.2, -0.15) is 0 Å². The Morgan fingerprint density at radius 3 is 2.10 bits per heavy atom. The molecule has 0 amide bonds. The minimum Gasteiger partial charge on any atom is -0.481 e. The molecule has 0 N–H and O–H groups in total. The third-order valence-electron chi connectivity index (χ3n) is 6.40. The monoisotopic (exact) mass is 387 g/mol. The summed E-state index contributed by atoms with van der Waals surface area (Å²) in [6, 6.07) is 15.3. The standard InChI is InChI=1S/C27H33NO/c1-16-17(2)23-25(22(16)18-12-10-9-11-13-18)29-24-20(27(6,7)8)14-19(26(3,4)5)15-21(24)28-23/h9-15,22,25H,1-8H3/t22-,25-/m1/s1. The molecule has 0 unspecified atom stereocenters. The molecule has 1 aliphatic carbocycles. The molecule has 0 saturated carbocycles. The second-order valence-corrected chi connectivity index (χ2v) is 10.6. The minimum absolute atomic E-state index is 0.0171. The van der Waals surface area contributed by atoms with E-state index in [4.69, 9.17) is 9.73 Å². The molecule has 2 aromatic carbocycles. The molecule has 1 heterocycles. The van der Waals surface area contributed by atoms with Crippen molar-refractivity contribution in [2.45, 2.75) is 78.2 Å². The molecule has 0 spiro atoms. The number of hydrogen-bond donors (Lipinski definition) is 0. The van der Waals surface area contributed by atoms with E-state index in [1.54, 1.807) is 0 Å². The number of benzene rings is 2. The molecule has 29 heavy (non-hydrogen) atoms. The second-order valence-electron chi connectivity index (χ2n) is 10.6. The van der Waals surface area contributed by atoms with Crippen molar-refractivity contribution in [3.8, 4) is 5.75 Å². The molecule has 2 nitrogen and oxygen atoms in total. The Hall–Kier alpha value is -2.35. The van der Waals surface area contributed by atoms with Crippen LogP contribution in [-0.4, -0.2) is 11.8 Å². The first-order valence-corrected chi connectivity index (χ1v) is 10.7. The van der Waals surface area contributed by atoms with Gasteiger partial charge >= 0.3 is 0 Å². The Morgan fingerprint density at radius 1 is 0.862 bits per heavy atom. The van der Waals surface area contributed by atoms with Gasteiger partial charge < -0.3 is 4.74 Å². The van der Waals surface area contributed by atoms with Gasteiger partial charge in [-0.3, -0.25) is 0 Å². The van der Waals surface area contributed by atoms with Crippen molar-refractivity contribution in [1.29, 1.82) is 0 Å². The average Bonchev–Trinajstić information content (AvgIpc) is 2.88. The van der Waals surface area contributed by atoms with Gasteiger partial charge in [0, 0.05) is 11.5 Å². The first-order valence-electron chi connectivity index (χ1n) is 10.7. The molecule has 0 saturated heterocycles. The highest BCUT2D eigenvalue weighted by Gasteiger charge is 2.42. The maximum Gasteiger partial charge on any atom is 0.151 e. The largest absolute Gasteiger partial charge is 0.481 e. The summed E-state index contributed by atoms with van der Waals surface area (Å²) >= 11 is 0. The molecular weight excluding hydrogens is 354 g/mol. The third-order valence-corrected chi connectivity index (χ3v) is 6.40. The minimum atomic E-state index is -0.0495. The summed E-state index contributed by atoms with van der Waals surface area (Å²) in [5.74, 6) is 1.18. The van der Waals surface area contributed by atoms with Crippen molar-refractivity contribution in [3.63, 3.8) is 0 Å². The highest BCUT2D eigenvalue weighted by molar-refractivity contribution is 6.10. The normalized spacial score (nSPS) is 21.4. The van der Waals surface area contributed by atoms with Crippen LogP contribution in [0, 0.1) is 0 Å². The van der Waals surface area contributed by atoms with Gasteiger partial charge in [-0.05, 0) is 47.4 Å². The smallest absolute Gasteiger partial charge is 0.151 e. The molecule has 2 aliphatic rings. The zero-order chi connectivity index (χ0) is 21.1. The van der Waals surface area contributed by atoms with Crippen molar-refractivity contribution < 1.29 is 4.74 Å². The quantitative estimate of drug-likeness (QED) is 0.505. The first-order chi connectivity index (χ1) is 13.5. The van der Waals surface area contributed by atoms with Crippen LogP contribution in [0.15, 0.2) is 58.6 Å². The summed E-state index contributed by atoms with van der Waals surface area (Å²) < 4.78 is 6.82. The van der Waals surface area contributed by atoms with E-state index in [-0.39, 0.29) is 22.9 Å². The maximum absolute atomic E-state index is 6.82. The molecule has 2 heteroatoms. The van der Waals surface area contributed by atoms with Crippen LogP contribution in [0.1, 0.15) is 78.0 Å². The van der Waals surface area contributed by atoms with Gasteiger partial charge in [-0.1, -0.05) is 83.5 Å². The van der Waals surface area contributed by atoms with Crippen LogP contribution >= 0.6 is 0 Å². The molecular formula is C27H33NO. The average molecular weight is 388 g/mol. The van der Waals surface area contributed by atoms with Crippen molar-refractivity contribution in [1.82, 2.24) is 0 Å². The fraction of sp³-hybridized carbons (Fsp3) is 0.444. The lowest BCUT2D eigenvalue weighted by Crippen LogP contribution is -2.33. The number of fused-ring (bicyclic) bond motifs is 2. The molecule has 152 valence electrons. The van der Waals surface area contributed by atoms with Crippen molar-refractivity contribution in [2.75, 3.05) is 0 Å². The van der Waals surface area contributed by atoms with E-state index in [0.29, 0.717) is 0 Å². The van der Waals surface area contributed by atoms with Crippen LogP contribution in [0.2, 0.25) is 0 Å². The molecule has 1 aliphatic heterocycles. The Bertz CT molecular complexity index is 1010. The van der Waals surface area contributed by atoms with Gasteiger partial charge in [0.15, 0.2) is 6.10 Å². The van der Waals surface area contributed by atoms with E-state index in [9.17, 15) is 0 Å². The summed E-state index contributed by atoms with van der Waals surface area (Å²) in [4.78, 5) is 5.20. The van der Waals surface area contributed by atoms with E-state index in [0.717, 1.165) is 17.1 Å². The fourth-order valence-corrected chi connectivity index (χ4v) is 4.46. The lowest BCUT2D eigenvalue weighted by molar-refractivity contribution is 0.243. The highest BCUT2D eigenvalue weighted by atomic mass is 16.5. The number of hydrogen-bond acceptors (Lipinski definition) is 2. The molecule has 0 radical (unpaired) electrons. The Balaban J connectivity index is 1.91. The van der Waals surface area contributed by atoms with E-state index < -0.39 is 0 Å². The van der Waals surface area contributed by atoms with E-state index in [1.165, 1.54) is 27.8 Å². The van der Waals surface area contributed by atoms with E-state index >= 15 is 0 Å². The summed E-state index contributed by atoms with van der Waals surface area (Å²) in [6.45, 7) is 18.0. The molecule has 2 aromatic rings. The molecule has 0 aromatic heterocycles. The van der Waals surface area contributed by atoms with Crippen LogP contribution in [0.4, 0.5) is 5.69 Å². The summed E-state index contributed by atoms with van der Waals surface area (Å²) in [6.07, 6.45) is -0.0495. The lowest BCUT2D eigenvalue weighted by Gasteiger charge is -2.34. The maximum atomic E-state index is 6.82. The second kappa shape index (κ2) is 6.58. The topological polar surface area (TPSA) is 21.6 Å². The van der Waals surface area contributed by atoms with Crippen LogP contribution in [-0.2, 0) is 10.8 Å². The Labute approximate surface area is 175 Å². The lowest BCUT2D eigenvalue weighted by atomic mass is 9.79. The number of nitrogens with zero attached hydrogens (tertiary/aromatic N) is 1. The highest BCUT2D eigenvalue weighted by Crippen LogP contribution is 2.50. The molecule has 2 atom stereocenters. The SMILES string of the molecule is CC1=C(C)[C@H](c2ccccc2)[C@H]2Oc3c(cc(C(C)(C)C)cc3C(C)(C)C)N=C12. The molecule has 4 rings (SSSR count). The van der Waals surface area contributed by atoms with Crippen molar-refractivity contribution in [3.05, 3.63) is 70.3 Å². The third kappa shape index (κ3) is 3.33. The first kappa shape index (κ1) is 19.9. The van der Waals surface area contributed by atoms with Gasteiger partial charge in [0.2, 0.25) is 0 Å². The number of rotatable bonds is 1. The van der Waals surface area contributed by atoms with Gasteiger partial charge in [0.25, 0.3) is 0 Å². The van der Waals surface area contributed by atoms with E-state index in [2.05, 4.69) is 97.9 Å². The number of ether oxygens (including phenoxy) is 1. The van der Waals surface area contributed by atoms with Gasteiger partial charge in [-0.25, -0.2) is 4.99 Å². The van der Waals surface area contributed by atoms with Crippen LogP contribution < -0.4 is 4.74 Å². The van der Waals surface area contributed by atoms with Crippen LogP contribution in [0.25, 0.3) is 0 Å². The fourth-order valence-electron chi connectivity index (χ4n) is 4.46. The van der Waals surface area contributed by atoms with Crippen molar-refractivity contribution >= 4 is 11.4 Å². The van der Waals surface area contributed by atoms with Gasteiger partial charge in [0.05, 0.1) is 5.71 Å². The predicted molar refractivity (Wildman–Crippen MR) is 123 cm³/mol.